The maximum atomic E-state index is 11.0. The maximum absolute atomic E-state index is 11.0. The minimum Gasteiger partial charge on any atom is -0.477 e. The zero-order valence-electron chi connectivity index (χ0n) is 10.3. The molecule has 0 bridgehead atoms. The molecule has 0 amide bonds. The number of nitrogens with zero attached hydrogens (tertiary/aromatic N) is 2. The van der Waals surface area contributed by atoms with Gasteiger partial charge in [-0.1, -0.05) is 6.07 Å². The van der Waals surface area contributed by atoms with Crippen LogP contribution >= 0.6 is 11.3 Å². The van der Waals surface area contributed by atoms with Gasteiger partial charge in [0.1, 0.15) is 11.3 Å². The number of anilines is 1. The van der Waals surface area contributed by atoms with Gasteiger partial charge in [-0.3, -0.25) is 10.1 Å². The molecule has 1 aromatic heterocycles. The molecule has 0 aliphatic carbocycles. The molecule has 20 heavy (non-hydrogen) atoms. The Hall–Kier alpha value is -2.48. The number of nitro benzene ring substituents is 1. The van der Waals surface area contributed by atoms with Gasteiger partial charge in [0.2, 0.25) is 0 Å². The summed E-state index contributed by atoms with van der Waals surface area (Å²) in [6, 6.07) is 4.18. The summed E-state index contributed by atoms with van der Waals surface area (Å²) in [5, 5.41) is 24.8. The van der Waals surface area contributed by atoms with E-state index in [-0.39, 0.29) is 11.3 Å². The number of nitrogens with one attached hydrogen (secondary N) is 1. The van der Waals surface area contributed by atoms with Gasteiger partial charge >= 0.3 is 11.7 Å². The van der Waals surface area contributed by atoms with Crippen LogP contribution in [0.4, 0.5) is 11.4 Å². The van der Waals surface area contributed by atoms with Crippen LogP contribution in [0, 0.1) is 10.1 Å². The lowest BCUT2D eigenvalue weighted by atomic mass is 10.1. The average molecular weight is 293 g/mol. The van der Waals surface area contributed by atoms with Crippen molar-refractivity contribution in [1.29, 1.82) is 0 Å². The molecule has 8 heteroatoms. The first-order valence-corrected chi connectivity index (χ1v) is 6.65. The van der Waals surface area contributed by atoms with Crippen LogP contribution in [0.2, 0.25) is 0 Å². The Morgan fingerprint density at radius 2 is 2.30 bits per heavy atom. The van der Waals surface area contributed by atoms with Crippen LogP contribution in [0.5, 0.6) is 0 Å². The number of rotatable bonds is 6. The number of aromatic nitrogens is 1. The molecule has 2 rings (SSSR count). The quantitative estimate of drug-likeness (QED) is 0.626. The first kappa shape index (κ1) is 13.9. The predicted molar refractivity (Wildman–Crippen MR) is 74.4 cm³/mol. The molecule has 2 N–H and O–H groups in total. The summed E-state index contributed by atoms with van der Waals surface area (Å²) < 4.78 is 0. The van der Waals surface area contributed by atoms with Gasteiger partial charge in [-0.25, -0.2) is 9.78 Å². The van der Waals surface area contributed by atoms with Crippen molar-refractivity contribution < 1.29 is 14.8 Å². The Bertz CT molecular complexity index is 628. The summed E-state index contributed by atoms with van der Waals surface area (Å²) in [5.41, 5.74) is 2.06. The van der Waals surface area contributed by atoms with E-state index >= 15 is 0 Å². The van der Waals surface area contributed by atoms with Gasteiger partial charge in [0.25, 0.3) is 0 Å². The van der Waals surface area contributed by atoms with Gasteiger partial charge in [0.15, 0.2) is 0 Å². The average Bonchev–Trinajstić information content (AvgIpc) is 2.91. The van der Waals surface area contributed by atoms with Gasteiger partial charge in [0, 0.05) is 18.3 Å². The second-order valence-corrected chi connectivity index (χ2v) is 4.64. The number of carboxylic acid groups (broad SMARTS) is 1. The molecule has 0 aliphatic rings. The van der Waals surface area contributed by atoms with E-state index in [9.17, 15) is 14.9 Å². The van der Waals surface area contributed by atoms with Gasteiger partial charge < -0.3 is 10.4 Å². The fourth-order valence-corrected chi connectivity index (χ4v) is 2.33. The second kappa shape index (κ2) is 6.11. The number of hydrogen-bond donors (Lipinski definition) is 2. The van der Waals surface area contributed by atoms with Crippen LogP contribution in [0.1, 0.15) is 16.1 Å². The molecule has 0 fully saturated rings. The topological polar surface area (TPSA) is 105 Å². The monoisotopic (exact) mass is 293 g/mol. The number of thiazole rings is 1. The Balaban J connectivity index is 2.16. The van der Waals surface area contributed by atoms with Crippen LogP contribution in [-0.4, -0.2) is 27.5 Å². The molecule has 0 atom stereocenters. The highest BCUT2D eigenvalue weighted by Crippen LogP contribution is 2.28. The SMILES string of the molecule is O=C(O)c1cccc(NCCc2cscn2)c1[N+](=O)[O-]. The van der Waals surface area contributed by atoms with E-state index in [1.165, 1.54) is 29.5 Å². The smallest absolute Gasteiger partial charge is 0.342 e. The van der Waals surface area contributed by atoms with Crippen LogP contribution in [0.15, 0.2) is 29.1 Å². The van der Waals surface area contributed by atoms with Crippen molar-refractivity contribution in [1.82, 2.24) is 4.98 Å². The maximum Gasteiger partial charge on any atom is 0.342 e. The zero-order valence-corrected chi connectivity index (χ0v) is 11.1. The largest absolute Gasteiger partial charge is 0.477 e. The molecule has 0 radical (unpaired) electrons. The molecule has 0 saturated carbocycles. The van der Waals surface area contributed by atoms with Gasteiger partial charge in [0.05, 0.1) is 16.1 Å². The lowest BCUT2D eigenvalue weighted by molar-refractivity contribution is -0.384. The summed E-state index contributed by atoms with van der Waals surface area (Å²) in [5.74, 6) is -1.32. The van der Waals surface area contributed by atoms with E-state index < -0.39 is 16.6 Å². The molecule has 104 valence electrons. The second-order valence-electron chi connectivity index (χ2n) is 3.92. The number of aromatic carboxylic acids is 1. The van der Waals surface area contributed by atoms with E-state index in [1.54, 1.807) is 5.51 Å². The van der Waals surface area contributed by atoms with Crippen molar-refractivity contribution in [3.63, 3.8) is 0 Å². The van der Waals surface area contributed by atoms with Gasteiger partial charge in [-0.15, -0.1) is 11.3 Å². The third-order valence-electron chi connectivity index (χ3n) is 2.63. The number of carboxylic acids is 1. The minimum absolute atomic E-state index is 0.199. The number of para-hydroxylation sites is 1. The van der Waals surface area contributed by atoms with Crippen molar-refractivity contribution >= 4 is 28.7 Å². The Morgan fingerprint density at radius 3 is 2.90 bits per heavy atom. The number of hydrogen-bond acceptors (Lipinski definition) is 6. The Kier molecular flexibility index (Phi) is 4.26. The number of carbonyl (C=O) groups is 1. The van der Waals surface area contributed by atoms with Crippen molar-refractivity contribution in [2.45, 2.75) is 6.42 Å². The highest BCUT2D eigenvalue weighted by molar-refractivity contribution is 7.07. The Labute approximate surface area is 118 Å². The van der Waals surface area contributed by atoms with E-state index in [1.807, 2.05) is 5.38 Å². The van der Waals surface area contributed by atoms with Crippen molar-refractivity contribution in [2.75, 3.05) is 11.9 Å². The predicted octanol–water partition coefficient (Wildman–Crippen LogP) is 2.40. The molecule has 1 aromatic carbocycles. The molecule has 7 nitrogen and oxygen atoms in total. The van der Waals surface area contributed by atoms with Gasteiger partial charge in [-0.05, 0) is 12.1 Å². The fourth-order valence-electron chi connectivity index (χ4n) is 1.74. The zero-order chi connectivity index (χ0) is 14.5. The fraction of sp³-hybridized carbons (Fsp3) is 0.167. The van der Waals surface area contributed by atoms with Crippen LogP contribution in [0.25, 0.3) is 0 Å². The van der Waals surface area contributed by atoms with E-state index in [0.717, 1.165) is 5.69 Å². The first-order valence-electron chi connectivity index (χ1n) is 5.71. The van der Waals surface area contributed by atoms with E-state index in [2.05, 4.69) is 10.3 Å². The van der Waals surface area contributed by atoms with Crippen molar-refractivity contribution in [2.24, 2.45) is 0 Å². The molecule has 0 saturated heterocycles. The van der Waals surface area contributed by atoms with E-state index in [0.29, 0.717) is 13.0 Å². The highest BCUT2D eigenvalue weighted by Gasteiger charge is 2.23. The summed E-state index contributed by atoms with van der Waals surface area (Å²) >= 11 is 1.48. The van der Waals surface area contributed by atoms with Crippen molar-refractivity contribution in [3.8, 4) is 0 Å². The molecule has 2 aromatic rings. The normalized spacial score (nSPS) is 10.2. The molecule has 0 aliphatic heterocycles. The van der Waals surface area contributed by atoms with Gasteiger partial charge in [-0.2, -0.15) is 0 Å². The molecule has 1 heterocycles. The summed E-state index contributed by atoms with van der Waals surface area (Å²) in [4.78, 5) is 25.4. The van der Waals surface area contributed by atoms with Crippen molar-refractivity contribution in [3.05, 3.63) is 50.5 Å². The van der Waals surface area contributed by atoms with Crippen LogP contribution in [-0.2, 0) is 6.42 Å². The summed E-state index contributed by atoms with van der Waals surface area (Å²) in [7, 11) is 0. The number of nitro groups is 1. The Morgan fingerprint density at radius 1 is 1.50 bits per heavy atom. The molecular weight excluding hydrogens is 282 g/mol. The molecular formula is C12H11N3O4S. The highest BCUT2D eigenvalue weighted by atomic mass is 32.1. The standard InChI is InChI=1S/C12H11N3O4S/c16-12(17)9-2-1-3-10(11(9)15(18)19)13-5-4-8-6-20-7-14-8/h1-3,6-7,13H,4-5H2,(H,16,17). The summed E-state index contributed by atoms with van der Waals surface area (Å²) in [6.45, 7) is 0.438. The summed E-state index contributed by atoms with van der Waals surface area (Å²) in [6.07, 6.45) is 0.609. The number of benzene rings is 1. The first-order chi connectivity index (χ1) is 9.59. The lowest BCUT2D eigenvalue weighted by Crippen LogP contribution is -2.10. The van der Waals surface area contributed by atoms with E-state index in [4.69, 9.17) is 5.11 Å². The third kappa shape index (κ3) is 3.09. The minimum atomic E-state index is -1.32. The molecule has 0 unspecified atom stereocenters. The van der Waals surface area contributed by atoms with Crippen LogP contribution in [0.3, 0.4) is 0 Å². The third-order valence-corrected chi connectivity index (χ3v) is 3.26. The van der Waals surface area contributed by atoms with Crippen LogP contribution < -0.4 is 5.32 Å². The lowest BCUT2D eigenvalue weighted by Gasteiger charge is -2.07. The molecule has 0 spiro atoms.